The van der Waals surface area contributed by atoms with Gasteiger partial charge in [-0.15, -0.1) is 0 Å². The van der Waals surface area contributed by atoms with Gasteiger partial charge in [0, 0.05) is 13.1 Å². The van der Waals surface area contributed by atoms with Gasteiger partial charge in [0.1, 0.15) is 24.4 Å². The van der Waals surface area contributed by atoms with Crippen molar-refractivity contribution in [2.75, 3.05) is 25.1 Å². The second kappa shape index (κ2) is 7.09. The second-order valence-corrected chi connectivity index (χ2v) is 5.68. The normalized spacial score (nSPS) is 10.4. The lowest BCUT2D eigenvalue weighted by atomic mass is 10.1. The Morgan fingerprint density at radius 3 is 2.39 bits per heavy atom. The fraction of sp³-hybridized carbons (Fsp3) is 0.353. The molecule has 0 saturated heterocycles. The van der Waals surface area contributed by atoms with Gasteiger partial charge in [-0.3, -0.25) is 10.1 Å². The van der Waals surface area contributed by atoms with Crippen molar-refractivity contribution in [1.82, 2.24) is 4.98 Å². The molecule has 2 aromatic rings. The molecule has 23 heavy (non-hydrogen) atoms. The molecule has 122 valence electrons. The quantitative estimate of drug-likeness (QED) is 0.603. The number of hydrogen-bond acceptors (Lipinski definition) is 5. The summed E-state index contributed by atoms with van der Waals surface area (Å²) in [5.74, 6) is 1.57. The molecular weight excluding hydrogens is 294 g/mol. The first-order valence-corrected chi connectivity index (χ1v) is 7.40. The van der Waals surface area contributed by atoms with Gasteiger partial charge in [0.2, 0.25) is 0 Å². The van der Waals surface area contributed by atoms with Crippen LogP contribution in [0.3, 0.4) is 0 Å². The third kappa shape index (κ3) is 4.42. The van der Waals surface area contributed by atoms with E-state index in [9.17, 15) is 10.1 Å². The minimum atomic E-state index is -0.438. The van der Waals surface area contributed by atoms with Gasteiger partial charge in [0.15, 0.2) is 0 Å². The highest BCUT2D eigenvalue weighted by Gasteiger charge is 2.12. The Balaban J connectivity index is 1.97. The molecule has 0 bridgehead atoms. The lowest BCUT2D eigenvalue weighted by molar-refractivity contribution is -0.385. The number of pyridine rings is 1. The van der Waals surface area contributed by atoms with Crippen LogP contribution in [0.15, 0.2) is 30.5 Å². The van der Waals surface area contributed by atoms with Crippen LogP contribution in [0, 0.1) is 30.9 Å². The monoisotopic (exact) mass is 315 g/mol. The summed E-state index contributed by atoms with van der Waals surface area (Å²) >= 11 is 0. The predicted octanol–water partition coefficient (Wildman–Crippen LogP) is 3.43. The van der Waals surface area contributed by atoms with E-state index in [2.05, 4.69) is 11.1 Å². The van der Waals surface area contributed by atoms with Crippen molar-refractivity contribution >= 4 is 11.5 Å². The van der Waals surface area contributed by atoms with E-state index < -0.39 is 4.92 Å². The summed E-state index contributed by atoms with van der Waals surface area (Å²) in [4.78, 5) is 16.4. The van der Waals surface area contributed by atoms with Crippen LogP contribution < -0.4 is 9.64 Å². The number of hydrogen-bond donors (Lipinski definition) is 0. The SMILES string of the molecule is Cc1cc(C)cc(OCCN(C)c2ncc([N+](=O)[O-])cc2C)c1. The van der Waals surface area contributed by atoms with E-state index in [0.717, 1.165) is 17.1 Å². The van der Waals surface area contributed by atoms with Crippen LogP contribution in [0.1, 0.15) is 16.7 Å². The van der Waals surface area contributed by atoms with Gasteiger partial charge in [-0.2, -0.15) is 0 Å². The average molecular weight is 315 g/mol. The Hall–Kier alpha value is -2.63. The summed E-state index contributed by atoms with van der Waals surface area (Å²) in [6.07, 6.45) is 1.28. The number of benzene rings is 1. The van der Waals surface area contributed by atoms with Gasteiger partial charge in [-0.1, -0.05) is 6.07 Å². The summed E-state index contributed by atoms with van der Waals surface area (Å²) in [6, 6.07) is 7.64. The fourth-order valence-electron chi connectivity index (χ4n) is 2.47. The maximum absolute atomic E-state index is 10.8. The van der Waals surface area contributed by atoms with Crippen LogP contribution in [0.5, 0.6) is 5.75 Å². The molecule has 0 N–H and O–H groups in total. The molecule has 0 amide bonds. The standard InChI is InChI=1S/C17H21N3O3/c1-12-7-13(2)9-16(8-12)23-6-5-19(4)17-14(3)10-15(11-18-17)20(21)22/h7-11H,5-6H2,1-4H3. The van der Waals surface area contributed by atoms with Crippen molar-refractivity contribution in [2.24, 2.45) is 0 Å². The number of anilines is 1. The minimum absolute atomic E-state index is 0.00568. The van der Waals surface area contributed by atoms with E-state index in [1.54, 1.807) is 0 Å². The molecule has 0 unspecified atom stereocenters. The van der Waals surface area contributed by atoms with Crippen molar-refractivity contribution in [3.63, 3.8) is 0 Å². The summed E-state index contributed by atoms with van der Waals surface area (Å²) in [7, 11) is 1.89. The molecule has 0 saturated carbocycles. The van der Waals surface area contributed by atoms with Crippen molar-refractivity contribution in [2.45, 2.75) is 20.8 Å². The van der Waals surface area contributed by atoms with Crippen LogP contribution in [-0.2, 0) is 0 Å². The van der Waals surface area contributed by atoms with Crippen LogP contribution in [0.2, 0.25) is 0 Å². The zero-order valence-electron chi connectivity index (χ0n) is 13.9. The zero-order valence-corrected chi connectivity index (χ0v) is 13.9. The Bertz CT molecular complexity index is 696. The summed E-state index contributed by atoms with van der Waals surface area (Å²) in [6.45, 7) is 7.04. The Kier molecular flexibility index (Phi) is 5.16. The number of aromatic nitrogens is 1. The first-order chi connectivity index (χ1) is 10.9. The Labute approximate surface area is 135 Å². The van der Waals surface area contributed by atoms with Crippen molar-refractivity contribution in [1.29, 1.82) is 0 Å². The maximum Gasteiger partial charge on any atom is 0.287 e. The van der Waals surface area contributed by atoms with Crippen LogP contribution in [0.4, 0.5) is 11.5 Å². The average Bonchev–Trinajstić information content (AvgIpc) is 2.45. The van der Waals surface area contributed by atoms with Crippen molar-refractivity contribution in [3.05, 3.63) is 57.3 Å². The maximum atomic E-state index is 10.8. The number of rotatable bonds is 6. The van der Waals surface area contributed by atoms with Gasteiger partial charge in [-0.25, -0.2) is 4.98 Å². The summed E-state index contributed by atoms with van der Waals surface area (Å²) < 4.78 is 5.78. The molecule has 0 aliphatic carbocycles. The van der Waals surface area contributed by atoms with E-state index in [0.29, 0.717) is 13.2 Å². The Morgan fingerprint density at radius 1 is 1.17 bits per heavy atom. The van der Waals surface area contributed by atoms with Gasteiger partial charge < -0.3 is 9.64 Å². The fourth-order valence-corrected chi connectivity index (χ4v) is 2.47. The van der Waals surface area contributed by atoms with E-state index in [1.807, 2.05) is 44.9 Å². The van der Waals surface area contributed by atoms with Gasteiger partial charge in [-0.05, 0) is 49.6 Å². The number of ether oxygens (including phenoxy) is 1. The predicted molar refractivity (Wildman–Crippen MR) is 90.3 cm³/mol. The van der Waals surface area contributed by atoms with Crippen LogP contribution >= 0.6 is 0 Å². The molecule has 1 heterocycles. The number of nitro groups is 1. The Morgan fingerprint density at radius 2 is 1.83 bits per heavy atom. The largest absolute Gasteiger partial charge is 0.492 e. The lowest BCUT2D eigenvalue weighted by Crippen LogP contribution is -2.25. The molecule has 1 aromatic heterocycles. The summed E-state index contributed by atoms with van der Waals surface area (Å²) in [5, 5.41) is 10.8. The van der Waals surface area contributed by atoms with E-state index in [-0.39, 0.29) is 5.69 Å². The van der Waals surface area contributed by atoms with E-state index in [1.165, 1.54) is 23.4 Å². The van der Waals surface area contributed by atoms with Gasteiger partial charge in [0.25, 0.3) is 5.69 Å². The molecule has 0 atom stereocenters. The van der Waals surface area contributed by atoms with Crippen LogP contribution in [-0.4, -0.2) is 30.1 Å². The molecule has 2 rings (SSSR count). The van der Waals surface area contributed by atoms with Gasteiger partial charge >= 0.3 is 0 Å². The highest BCUT2D eigenvalue weighted by Crippen LogP contribution is 2.21. The lowest BCUT2D eigenvalue weighted by Gasteiger charge is -2.20. The topological polar surface area (TPSA) is 68.5 Å². The molecule has 0 aliphatic rings. The smallest absolute Gasteiger partial charge is 0.287 e. The number of aryl methyl sites for hydroxylation is 3. The third-order valence-corrected chi connectivity index (χ3v) is 3.50. The van der Waals surface area contributed by atoms with E-state index >= 15 is 0 Å². The third-order valence-electron chi connectivity index (χ3n) is 3.50. The number of likely N-dealkylation sites (N-methyl/N-ethyl adjacent to an activating group) is 1. The van der Waals surface area contributed by atoms with Crippen LogP contribution in [0.25, 0.3) is 0 Å². The van der Waals surface area contributed by atoms with E-state index in [4.69, 9.17) is 4.74 Å². The molecule has 6 nitrogen and oxygen atoms in total. The molecular formula is C17H21N3O3. The van der Waals surface area contributed by atoms with Crippen molar-refractivity contribution in [3.8, 4) is 5.75 Å². The zero-order chi connectivity index (χ0) is 17.0. The summed E-state index contributed by atoms with van der Waals surface area (Å²) in [5.41, 5.74) is 3.11. The van der Waals surface area contributed by atoms with Gasteiger partial charge in [0.05, 0.1) is 11.5 Å². The molecule has 0 radical (unpaired) electrons. The highest BCUT2D eigenvalue weighted by atomic mass is 16.6. The molecule has 1 aromatic carbocycles. The molecule has 0 spiro atoms. The molecule has 0 fully saturated rings. The second-order valence-electron chi connectivity index (χ2n) is 5.68. The minimum Gasteiger partial charge on any atom is -0.492 e. The first-order valence-electron chi connectivity index (χ1n) is 7.40. The first kappa shape index (κ1) is 16.7. The highest BCUT2D eigenvalue weighted by molar-refractivity contribution is 5.49. The van der Waals surface area contributed by atoms with Crippen molar-refractivity contribution < 1.29 is 9.66 Å². The number of nitrogens with zero attached hydrogens (tertiary/aromatic N) is 3. The molecule has 6 heteroatoms. The molecule has 0 aliphatic heterocycles.